The van der Waals surface area contributed by atoms with Crippen molar-refractivity contribution >= 4 is 12.1 Å². The number of hydrogen-bond acceptors (Lipinski definition) is 4. The van der Waals surface area contributed by atoms with E-state index in [4.69, 9.17) is 9.47 Å². The van der Waals surface area contributed by atoms with Crippen LogP contribution in [0.3, 0.4) is 0 Å². The van der Waals surface area contributed by atoms with Gasteiger partial charge in [-0.1, -0.05) is 66.7 Å². The van der Waals surface area contributed by atoms with Crippen LogP contribution in [0.1, 0.15) is 30.4 Å². The van der Waals surface area contributed by atoms with E-state index in [1.54, 1.807) is 19.1 Å². The number of carboxylic acids is 1. The summed E-state index contributed by atoms with van der Waals surface area (Å²) >= 11 is 0. The van der Waals surface area contributed by atoms with Crippen LogP contribution in [0.2, 0.25) is 0 Å². The highest BCUT2D eigenvalue weighted by Crippen LogP contribution is 2.44. The molecule has 3 aromatic rings. The third kappa shape index (κ3) is 4.85. The summed E-state index contributed by atoms with van der Waals surface area (Å²) in [6.45, 7) is 2.29. The Hall–Kier alpha value is -3.80. The van der Waals surface area contributed by atoms with Gasteiger partial charge < -0.3 is 14.6 Å². The number of likely N-dealkylation sites (N-methyl/N-ethyl adjacent to an activating group) is 1. The van der Waals surface area contributed by atoms with E-state index in [-0.39, 0.29) is 32.1 Å². The van der Waals surface area contributed by atoms with E-state index in [9.17, 15) is 14.7 Å². The maximum absolute atomic E-state index is 12.9. The number of para-hydroxylation sites is 1. The number of rotatable bonds is 9. The van der Waals surface area contributed by atoms with Gasteiger partial charge in [-0.2, -0.15) is 0 Å². The first-order valence-electron chi connectivity index (χ1n) is 11.1. The molecule has 6 nitrogen and oxygen atoms in total. The number of amides is 1. The predicted octanol–water partition coefficient (Wildman–Crippen LogP) is 5.18. The number of benzene rings is 3. The summed E-state index contributed by atoms with van der Waals surface area (Å²) in [5.74, 6) is -0.502. The third-order valence-electron chi connectivity index (χ3n) is 5.98. The average Bonchev–Trinajstić information content (AvgIpc) is 3.16. The summed E-state index contributed by atoms with van der Waals surface area (Å²) < 4.78 is 11.3. The van der Waals surface area contributed by atoms with Gasteiger partial charge in [0.2, 0.25) is 0 Å². The Morgan fingerprint density at radius 1 is 0.909 bits per heavy atom. The minimum atomic E-state index is -1.08. The minimum absolute atomic E-state index is 0.0789. The number of hydrogen-bond donors (Lipinski definition) is 1. The van der Waals surface area contributed by atoms with Crippen molar-refractivity contribution in [2.45, 2.75) is 25.3 Å². The van der Waals surface area contributed by atoms with E-state index < -0.39 is 18.1 Å². The fourth-order valence-electron chi connectivity index (χ4n) is 4.37. The number of ether oxygens (including phenoxy) is 2. The highest BCUT2D eigenvalue weighted by atomic mass is 16.6. The minimum Gasteiger partial charge on any atom is -0.494 e. The van der Waals surface area contributed by atoms with Crippen molar-refractivity contribution in [1.29, 1.82) is 0 Å². The molecule has 0 unspecified atom stereocenters. The zero-order valence-electron chi connectivity index (χ0n) is 18.5. The summed E-state index contributed by atoms with van der Waals surface area (Å²) in [5.41, 5.74) is 4.51. The number of nitrogens with zero attached hydrogens (tertiary/aromatic N) is 1. The topological polar surface area (TPSA) is 76.1 Å². The Balaban J connectivity index is 1.42. The molecule has 0 bridgehead atoms. The number of aliphatic carboxylic acids is 1. The molecule has 0 aliphatic heterocycles. The van der Waals surface area contributed by atoms with Gasteiger partial charge in [-0.05, 0) is 41.3 Å². The summed E-state index contributed by atoms with van der Waals surface area (Å²) in [6, 6.07) is 24.3. The second-order valence-corrected chi connectivity index (χ2v) is 7.89. The molecule has 1 amide bonds. The van der Waals surface area contributed by atoms with E-state index in [0.717, 1.165) is 22.3 Å². The molecule has 0 saturated heterocycles. The van der Waals surface area contributed by atoms with Crippen molar-refractivity contribution in [3.63, 3.8) is 0 Å². The van der Waals surface area contributed by atoms with Crippen LogP contribution in [0.4, 0.5) is 4.79 Å². The van der Waals surface area contributed by atoms with Crippen LogP contribution in [0, 0.1) is 0 Å². The van der Waals surface area contributed by atoms with Crippen LogP contribution >= 0.6 is 0 Å². The molecular formula is C27H27NO5. The Morgan fingerprint density at radius 2 is 1.48 bits per heavy atom. The Bertz CT molecular complexity index is 1070. The summed E-state index contributed by atoms with van der Waals surface area (Å²) in [6.07, 6.45) is -0.478. The highest BCUT2D eigenvalue weighted by Gasteiger charge is 2.32. The molecule has 1 aliphatic rings. The predicted molar refractivity (Wildman–Crippen MR) is 125 cm³/mol. The maximum Gasteiger partial charge on any atom is 0.410 e. The second kappa shape index (κ2) is 10.2. The van der Waals surface area contributed by atoms with Gasteiger partial charge in [-0.25, -0.2) is 9.59 Å². The fraction of sp³-hybridized carbons (Fsp3) is 0.259. The first-order valence-corrected chi connectivity index (χ1v) is 11.1. The highest BCUT2D eigenvalue weighted by molar-refractivity contribution is 5.81. The summed E-state index contributed by atoms with van der Waals surface area (Å²) in [7, 11) is 0. The molecule has 0 aromatic heterocycles. The van der Waals surface area contributed by atoms with Gasteiger partial charge in [-0.3, -0.25) is 4.90 Å². The van der Waals surface area contributed by atoms with Crippen molar-refractivity contribution in [3.8, 4) is 16.9 Å². The molecule has 3 aromatic carbocycles. The van der Waals surface area contributed by atoms with Crippen molar-refractivity contribution in [2.24, 2.45) is 0 Å². The SMILES string of the molecule is CCN(C(=O)OCC1c2ccccc2-c2ccccc21)[C@@H](CCOc1ccccc1)C(=O)O. The van der Waals surface area contributed by atoms with Gasteiger partial charge in [-0.15, -0.1) is 0 Å². The molecule has 1 aliphatic carbocycles. The van der Waals surface area contributed by atoms with E-state index >= 15 is 0 Å². The standard InChI is InChI=1S/C27H27NO5/c1-2-28(25(26(29)30)16-17-32-19-10-4-3-5-11-19)27(31)33-18-24-22-14-8-6-12-20(22)21-13-7-9-15-23(21)24/h3-15,24-25H,2,16-18H2,1H3,(H,29,30)/t25-/m0/s1. The molecule has 1 N–H and O–H groups in total. The largest absolute Gasteiger partial charge is 0.494 e. The summed E-state index contributed by atoms with van der Waals surface area (Å²) in [4.78, 5) is 26.1. The molecule has 0 saturated carbocycles. The first kappa shape index (κ1) is 22.4. The average molecular weight is 446 g/mol. The Kier molecular flexibility index (Phi) is 6.93. The van der Waals surface area contributed by atoms with E-state index in [0.29, 0.717) is 5.75 Å². The van der Waals surface area contributed by atoms with Gasteiger partial charge in [0.1, 0.15) is 18.4 Å². The van der Waals surface area contributed by atoms with Gasteiger partial charge in [0.05, 0.1) is 6.61 Å². The fourth-order valence-corrected chi connectivity index (χ4v) is 4.37. The third-order valence-corrected chi connectivity index (χ3v) is 5.98. The summed E-state index contributed by atoms with van der Waals surface area (Å²) in [5, 5.41) is 9.76. The van der Waals surface area contributed by atoms with E-state index in [1.165, 1.54) is 4.90 Å². The van der Waals surface area contributed by atoms with Crippen LogP contribution in [0.15, 0.2) is 78.9 Å². The zero-order valence-corrected chi connectivity index (χ0v) is 18.5. The number of carbonyl (C=O) groups excluding carboxylic acids is 1. The van der Waals surface area contributed by atoms with Gasteiger partial charge in [0, 0.05) is 18.9 Å². The van der Waals surface area contributed by atoms with E-state index in [2.05, 4.69) is 12.1 Å². The van der Waals surface area contributed by atoms with Crippen molar-refractivity contribution in [1.82, 2.24) is 4.90 Å². The molecule has 4 rings (SSSR count). The Morgan fingerprint density at radius 3 is 2.06 bits per heavy atom. The van der Waals surface area contributed by atoms with Crippen LogP contribution in [0.5, 0.6) is 5.75 Å². The van der Waals surface area contributed by atoms with Gasteiger partial charge in [0.25, 0.3) is 0 Å². The molecule has 6 heteroatoms. The Labute approximate surface area is 193 Å². The van der Waals surface area contributed by atoms with E-state index in [1.807, 2.05) is 54.6 Å². The van der Waals surface area contributed by atoms with Crippen LogP contribution in [-0.2, 0) is 9.53 Å². The maximum atomic E-state index is 12.9. The van der Waals surface area contributed by atoms with Crippen molar-refractivity contribution in [2.75, 3.05) is 19.8 Å². The number of carboxylic acid groups (broad SMARTS) is 1. The van der Waals surface area contributed by atoms with Crippen molar-refractivity contribution in [3.05, 3.63) is 90.0 Å². The number of fused-ring (bicyclic) bond motifs is 3. The smallest absolute Gasteiger partial charge is 0.410 e. The molecule has 170 valence electrons. The van der Waals surface area contributed by atoms with Gasteiger partial charge in [0.15, 0.2) is 0 Å². The second-order valence-electron chi connectivity index (χ2n) is 7.89. The lowest BCUT2D eigenvalue weighted by Gasteiger charge is -2.27. The molecule has 0 fully saturated rings. The molecule has 0 spiro atoms. The van der Waals surface area contributed by atoms with Crippen LogP contribution < -0.4 is 4.74 Å². The van der Waals surface area contributed by atoms with Gasteiger partial charge >= 0.3 is 12.1 Å². The molecule has 1 atom stereocenters. The molecular weight excluding hydrogens is 418 g/mol. The zero-order chi connectivity index (χ0) is 23.2. The van der Waals surface area contributed by atoms with Crippen LogP contribution in [0.25, 0.3) is 11.1 Å². The lowest BCUT2D eigenvalue weighted by Crippen LogP contribution is -2.46. The van der Waals surface area contributed by atoms with Crippen molar-refractivity contribution < 1.29 is 24.2 Å². The lowest BCUT2D eigenvalue weighted by atomic mass is 9.98. The quantitative estimate of drug-likeness (QED) is 0.491. The molecule has 33 heavy (non-hydrogen) atoms. The van der Waals surface area contributed by atoms with Crippen LogP contribution in [-0.4, -0.2) is 47.9 Å². The number of carbonyl (C=O) groups is 2. The molecule has 0 heterocycles. The lowest BCUT2D eigenvalue weighted by molar-refractivity contribution is -0.143. The molecule has 0 radical (unpaired) electrons. The normalized spacial score (nSPS) is 13.0. The first-order chi connectivity index (χ1) is 16.1. The monoisotopic (exact) mass is 445 g/mol.